The molecule has 1 saturated heterocycles. The number of hydrogen-bond acceptors (Lipinski definition) is 8. The van der Waals surface area contributed by atoms with E-state index < -0.39 is 31.9 Å². The maximum absolute atomic E-state index is 11.8. The molecule has 0 amide bonds. The summed E-state index contributed by atoms with van der Waals surface area (Å²) < 4.78 is 23.2. The second-order valence-electron chi connectivity index (χ2n) is 4.92. The van der Waals surface area contributed by atoms with Gasteiger partial charge in [-0.25, -0.2) is 14.4 Å². The molecular weight excluding hydrogens is 347 g/mol. The fourth-order valence-corrected chi connectivity index (χ4v) is 3.22. The van der Waals surface area contributed by atoms with Crippen LogP contribution >= 0.6 is 20.4 Å². The number of aliphatic hydroxyl groups excluding tert-OH is 1. The summed E-state index contributed by atoms with van der Waals surface area (Å²) in [6, 6.07) is 1.43. The van der Waals surface area contributed by atoms with Crippen LogP contribution < -0.4 is 16.5 Å². The highest BCUT2D eigenvalue weighted by molar-refractivity contribution is 7.80. The molecule has 1 aliphatic rings. The first-order valence-electron chi connectivity index (χ1n) is 6.84. The molecular formula is C11H19N4O6PS. The van der Waals surface area contributed by atoms with Gasteiger partial charge >= 0.3 is 13.4 Å². The predicted molar refractivity (Wildman–Crippen MR) is 85.1 cm³/mol. The Bertz CT molecular complexity index is 643. The van der Waals surface area contributed by atoms with Gasteiger partial charge in [-0.3, -0.25) is 9.09 Å². The fraction of sp³-hybridized carbons (Fsp3) is 0.636. The van der Waals surface area contributed by atoms with Crippen molar-refractivity contribution in [3.05, 3.63) is 22.7 Å². The van der Waals surface area contributed by atoms with E-state index in [4.69, 9.17) is 15.0 Å². The molecule has 0 radical (unpaired) electrons. The number of ether oxygens (including phenoxy) is 1. The number of anilines is 1. The number of aromatic nitrogens is 2. The van der Waals surface area contributed by atoms with Gasteiger partial charge < -0.3 is 20.5 Å². The third-order valence-corrected chi connectivity index (χ3v) is 4.55. The normalized spacial score (nSPS) is 27.0. The smallest absolute Gasteiger partial charge is 0.390 e. The summed E-state index contributed by atoms with van der Waals surface area (Å²) >= 11 is 3.91. The van der Waals surface area contributed by atoms with Crippen molar-refractivity contribution in [3.8, 4) is 0 Å². The fourth-order valence-electron chi connectivity index (χ4n) is 2.09. The molecule has 12 heteroatoms. The van der Waals surface area contributed by atoms with E-state index >= 15 is 0 Å². The van der Waals surface area contributed by atoms with E-state index in [-0.39, 0.29) is 25.4 Å². The Morgan fingerprint density at radius 3 is 3.04 bits per heavy atom. The predicted octanol–water partition coefficient (Wildman–Crippen LogP) is -0.890. The average Bonchev–Trinajstić information content (AvgIpc) is 2.84. The Balaban J connectivity index is 1.96. The van der Waals surface area contributed by atoms with Gasteiger partial charge in [0.2, 0.25) is 0 Å². The summed E-state index contributed by atoms with van der Waals surface area (Å²) in [5, 5.41) is 12.3. The van der Waals surface area contributed by atoms with E-state index in [2.05, 4.69) is 22.7 Å². The Morgan fingerprint density at radius 1 is 1.65 bits per heavy atom. The number of aliphatic hydroxyl groups is 1. The number of rotatable bonds is 7. The highest BCUT2D eigenvalue weighted by Gasteiger charge is 2.37. The summed E-state index contributed by atoms with van der Waals surface area (Å²) in [7, 11) is -3.98. The number of nitrogens with one attached hydrogen (secondary N) is 1. The van der Waals surface area contributed by atoms with Crippen LogP contribution in [0.4, 0.5) is 5.82 Å². The van der Waals surface area contributed by atoms with Gasteiger partial charge in [-0.15, -0.1) is 0 Å². The average molecular weight is 366 g/mol. The molecule has 0 aromatic carbocycles. The van der Waals surface area contributed by atoms with Crippen molar-refractivity contribution in [2.75, 3.05) is 24.6 Å². The lowest BCUT2D eigenvalue weighted by Gasteiger charge is -2.18. The summed E-state index contributed by atoms with van der Waals surface area (Å²) in [4.78, 5) is 24.9. The van der Waals surface area contributed by atoms with E-state index in [1.165, 1.54) is 16.8 Å². The van der Waals surface area contributed by atoms with Crippen LogP contribution in [0.5, 0.6) is 0 Å². The summed E-state index contributed by atoms with van der Waals surface area (Å²) in [6.45, 7) is -0.109. The first kappa shape index (κ1) is 18.4. The number of thiol groups is 1. The van der Waals surface area contributed by atoms with E-state index in [9.17, 15) is 19.4 Å². The minimum absolute atomic E-state index is 0.0844. The Hall–Kier alpha value is -0.940. The van der Waals surface area contributed by atoms with Gasteiger partial charge in [-0.05, 0) is 6.07 Å². The van der Waals surface area contributed by atoms with Gasteiger partial charge in [-0.1, -0.05) is 0 Å². The summed E-state index contributed by atoms with van der Waals surface area (Å²) in [6.07, 6.45) is -1.00. The second kappa shape index (κ2) is 7.75. The first-order valence-corrected chi connectivity index (χ1v) is 9.05. The topological polar surface area (TPSA) is 149 Å². The van der Waals surface area contributed by atoms with Crippen molar-refractivity contribution in [2.45, 2.75) is 24.9 Å². The molecule has 23 heavy (non-hydrogen) atoms. The lowest BCUT2D eigenvalue weighted by molar-refractivity contribution is -0.0427. The van der Waals surface area contributed by atoms with Crippen LogP contribution in [0, 0.1) is 0 Å². The van der Waals surface area contributed by atoms with Crippen molar-refractivity contribution in [3.63, 3.8) is 0 Å². The SMILES string of the molecule is Nc1ccn([C@H]2C[C@H](O)[C@@H](COP(=O)(O)NCCS)O2)c(=O)n1. The van der Waals surface area contributed by atoms with Crippen molar-refractivity contribution < 1.29 is 23.8 Å². The molecule has 1 aromatic heterocycles. The highest BCUT2D eigenvalue weighted by Crippen LogP contribution is 2.38. The molecule has 1 fully saturated rings. The Labute approximate surface area is 137 Å². The third-order valence-electron chi connectivity index (χ3n) is 3.20. The maximum Gasteiger partial charge on any atom is 0.403 e. The van der Waals surface area contributed by atoms with E-state index in [1.54, 1.807) is 0 Å². The van der Waals surface area contributed by atoms with Gasteiger partial charge in [-0.2, -0.15) is 17.6 Å². The largest absolute Gasteiger partial charge is 0.403 e. The van der Waals surface area contributed by atoms with Crippen molar-refractivity contribution in [2.24, 2.45) is 0 Å². The Morgan fingerprint density at radius 2 is 2.39 bits per heavy atom. The molecule has 10 nitrogen and oxygen atoms in total. The zero-order valence-electron chi connectivity index (χ0n) is 12.1. The molecule has 2 rings (SSSR count). The van der Waals surface area contributed by atoms with Crippen LogP contribution in [0.25, 0.3) is 0 Å². The lowest BCUT2D eigenvalue weighted by Crippen LogP contribution is -2.29. The van der Waals surface area contributed by atoms with Crippen LogP contribution in [0.1, 0.15) is 12.6 Å². The lowest BCUT2D eigenvalue weighted by atomic mass is 10.2. The molecule has 130 valence electrons. The van der Waals surface area contributed by atoms with E-state index in [0.29, 0.717) is 5.75 Å². The van der Waals surface area contributed by atoms with Crippen molar-refractivity contribution in [1.29, 1.82) is 0 Å². The highest BCUT2D eigenvalue weighted by atomic mass is 32.1. The van der Waals surface area contributed by atoms with E-state index in [0.717, 1.165) is 0 Å². The molecule has 4 atom stereocenters. The zero-order valence-corrected chi connectivity index (χ0v) is 13.9. The summed E-state index contributed by atoms with van der Waals surface area (Å²) in [5.41, 5.74) is 4.81. The van der Waals surface area contributed by atoms with Crippen LogP contribution in [0.2, 0.25) is 0 Å². The van der Waals surface area contributed by atoms with Crippen LogP contribution in [0.15, 0.2) is 17.1 Å². The van der Waals surface area contributed by atoms with Gasteiger partial charge in [0.15, 0.2) is 0 Å². The van der Waals surface area contributed by atoms with Gasteiger partial charge in [0.25, 0.3) is 0 Å². The maximum atomic E-state index is 11.8. The molecule has 5 N–H and O–H groups in total. The number of nitrogens with two attached hydrogens (primary N) is 1. The van der Waals surface area contributed by atoms with Gasteiger partial charge in [0.1, 0.15) is 18.1 Å². The minimum atomic E-state index is -3.98. The Kier molecular flexibility index (Phi) is 6.20. The summed E-state index contributed by atoms with van der Waals surface area (Å²) in [5.74, 6) is 0.451. The zero-order chi connectivity index (χ0) is 17.0. The van der Waals surface area contributed by atoms with Crippen LogP contribution in [-0.4, -0.2) is 50.7 Å². The number of hydrogen-bond donors (Lipinski definition) is 5. The molecule has 0 aliphatic carbocycles. The number of nitrogen functional groups attached to an aromatic ring is 1. The second-order valence-corrected chi connectivity index (χ2v) is 6.98. The molecule has 0 spiro atoms. The van der Waals surface area contributed by atoms with E-state index in [1.807, 2.05) is 0 Å². The van der Waals surface area contributed by atoms with Gasteiger partial charge in [0, 0.05) is 24.9 Å². The van der Waals surface area contributed by atoms with Gasteiger partial charge in [0.05, 0.1) is 12.7 Å². The first-order chi connectivity index (χ1) is 10.8. The molecule has 0 bridgehead atoms. The standard InChI is InChI=1S/C11H19N4O6PS/c12-9-1-3-15(11(17)14-9)10-5-7(16)8(21-10)6-20-22(18,19)13-2-4-23/h1,3,7-8,10,16,23H,2,4-6H2,(H2,12,14,17)(H2,13,18,19)/t7-,8+,10+/m0/s1. The van der Waals surface area contributed by atoms with Crippen LogP contribution in [0.3, 0.4) is 0 Å². The molecule has 1 unspecified atom stereocenters. The molecule has 1 aliphatic heterocycles. The quantitative estimate of drug-likeness (QED) is 0.306. The molecule has 2 heterocycles. The number of nitrogens with zero attached hydrogens (tertiary/aromatic N) is 2. The van der Waals surface area contributed by atoms with Crippen molar-refractivity contribution >= 4 is 26.2 Å². The van der Waals surface area contributed by atoms with Crippen LogP contribution in [-0.2, 0) is 13.8 Å². The molecule has 0 saturated carbocycles. The van der Waals surface area contributed by atoms with Crippen molar-refractivity contribution in [1.82, 2.24) is 14.6 Å². The molecule has 1 aromatic rings. The monoisotopic (exact) mass is 366 g/mol. The third kappa shape index (κ3) is 5.01. The minimum Gasteiger partial charge on any atom is -0.390 e.